The molecule has 0 aliphatic heterocycles. The molecule has 5 rings (SSSR count). The third kappa shape index (κ3) is 3.22. The molecule has 1 unspecified atom stereocenters. The van der Waals surface area contributed by atoms with Crippen LogP contribution in [0.2, 0.25) is 0 Å². The lowest BCUT2D eigenvalue weighted by Gasteiger charge is -2.09. The number of carbonyl (C=O) groups is 1. The Hall–Kier alpha value is -3.59. The number of aromatic nitrogens is 4. The standard InChI is InChI=1S/C21H18FN5O3/c1-11-2-3-13(19-25-21(30-26-19)14-8-15(14)22)7-16(11)24-20(29)17-9-23-18-6-12(10-28)4-5-27(17)18/h2-7,9,14-15,28H,8,10H2,1H3,(H,24,29)/t14?,15-/m1/s1. The van der Waals surface area contributed by atoms with E-state index in [2.05, 4.69) is 20.4 Å². The molecule has 0 bridgehead atoms. The Labute approximate surface area is 170 Å². The number of alkyl halides is 1. The number of aliphatic hydroxyl groups is 1. The molecule has 1 amide bonds. The molecule has 9 heteroatoms. The summed E-state index contributed by atoms with van der Waals surface area (Å²) in [5.74, 6) is 0.0199. The van der Waals surface area contributed by atoms with Gasteiger partial charge in [0.05, 0.1) is 18.7 Å². The summed E-state index contributed by atoms with van der Waals surface area (Å²) in [5, 5.41) is 16.1. The Morgan fingerprint density at radius 3 is 2.97 bits per heavy atom. The van der Waals surface area contributed by atoms with E-state index in [-0.39, 0.29) is 18.4 Å². The summed E-state index contributed by atoms with van der Waals surface area (Å²) in [5.41, 5.74) is 3.77. The number of carbonyl (C=O) groups excluding carboxylic acids is 1. The van der Waals surface area contributed by atoms with Crippen molar-refractivity contribution in [2.24, 2.45) is 0 Å². The average molecular weight is 407 g/mol. The first-order valence-electron chi connectivity index (χ1n) is 9.50. The molecule has 1 saturated carbocycles. The summed E-state index contributed by atoms with van der Waals surface area (Å²) >= 11 is 0. The van der Waals surface area contributed by atoms with Crippen molar-refractivity contribution in [3.05, 3.63) is 65.4 Å². The minimum absolute atomic E-state index is 0.0958. The third-order valence-electron chi connectivity index (χ3n) is 5.21. The number of pyridine rings is 1. The molecule has 3 heterocycles. The maximum absolute atomic E-state index is 13.2. The lowest BCUT2D eigenvalue weighted by molar-refractivity contribution is 0.102. The topological polar surface area (TPSA) is 106 Å². The van der Waals surface area contributed by atoms with Gasteiger partial charge in [-0.2, -0.15) is 4.98 Å². The van der Waals surface area contributed by atoms with E-state index in [9.17, 15) is 14.3 Å². The molecule has 2 atom stereocenters. The van der Waals surface area contributed by atoms with Crippen molar-refractivity contribution in [1.82, 2.24) is 19.5 Å². The van der Waals surface area contributed by atoms with Crippen LogP contribution in [-0.4, -0.2) is 36.7 Å². The molecular weight excluding hydrogens is 389 g/mol. The van der Waals surface area contributed by atoms with Crippen molar-refractivity contribution < 1.29 is 18.8 Å². The first-order chi connectivity index (χ1) is 14.5. The Balaban J connectivity index is 1.41. The van der Waals surface area contributed by atoms with Gasteiger partial charge in [-0.25, -0.2) is 9.37 Å². The minimum Gasteiger partial charge on any atom is -0.392 e. The number of fused-ring (bicyclic) bond motifs is 1. The molecule has 4 aromatic rings. The van der Waals surface area contributed by atoms with E-state index in [4.69, 9.17) is 4.52 Å². The molecule has 1 aromatic carbocycles. The molecular formula is C21H18FN5O3. The van der Waals surface area contributed by atoms with Crippen molar-refractivity contribution in [2.75, 3.05) is 5.32 Å². The number of halogens is 1. The van der Waals surface area contributed by atoms with Gasteiger partial charge in [0.15, 0.2) is 0 Å². The fourth-order valence-corrected chi connectivity index (χ4v) is 3.29. The van der Waals surface area contributed by atoms with E-state index in [0.29, 0.717) is 46.3 Å². The van der Waals surface area contributed by atoms with Crippen molar-refractivity contribution in [3.8, 4) is 11.4 Å². The first kappa shape index (κ1) is 18.4. The number of rotatable bonds is 5. The summed E-state index contributed by atoms with van der Waals surface area (Å²) in [6, 6.07) is 8.88. The molecule has 30 heavy (non-hydrogen) atoms. The summed E-state index contributed by atoms with van der Waals surface area (Å²) in [4.78, 5) is 21.4. The maximum Gasteiger partial charge on any atom is 0.274 e. The van der Waals surface area contributed by atoms with E-state index < -0.39 is 6.17 Å². The highest BCUT2D eigenvalue weighted by Gasteiger charge is 2.43. The van der Waals surface area contributed by atoms with E-state index in [1.165, 1.54) is 6.20 Å². The molecule has 2 N–H and O–H groups in total. The largest absolute Gasteiger partial charge is 0.392 e. The van der Waals surface area contributed by atoms with Gasteiger partial charge in [-0.3, -0.25) is 9.20 Å². The highest BCUT2D eigenvalue weighted by atomic mass is 19.1. The van der Waals surface area contributed by atoms with Crippen LogP contribution >= 0.6 is 0 Å². The van der Waals surface area contributed by atoms with Gasteiger partial charge < -0.3 is 14.9 Å². The SMILES string of the molecule is Cc1ccc(-c2noc(C3C[C@H]3F)n2)cc1NC(=O)c1cnc2cc(CO)ccn12. The fraction of sp³-hybridized carbons (Fsp3) is 0.238. The van der Waals surface area contributed by atoms with Crippen LogP contribution in [0.25, 0.3) is 17.0 Å². The lowest BCUT2D eigenvalue weighted by atomic mass is 10.1. The molecule has 0 saturated heterocycles. The van der Waals surface area contributed by atoms with Gasteiger partial charge in [0, 0.05) is 17.4 Å². The van der Waals surface area contributed by atoms with Crippen molar-refractivity contribution in [2.45, 2.75) is 32.0 Å². The zero-order valence-corrected chi connectivity index (χ0v) is 16.0. The zero-order valence-electron chi connectivity index (χ0n) is 16.0. The predicted octanol–water partition coefficient (Wildman–Crippen LogP) is 3.26. The van der Waals surface area contributed by atoms with Crippen LogP contribution in [-0.2, 0) is 6.61 Å². The van der Waals surface area contributed by atoms with E-state index in [1.54, 1.807) is 28.8 Å². The minimum atomic E-state index is -0.912. The van der Waals surface area contributed by atoms with E-state index >= 15 is 0 Å². The summed E-state index contributed by atoms with van der Waals surface area (Å²) < 4.78 is 20.1. The molecule has 1 aliphatic rings. The average Bonchev–Trinajstić information content (AvgIpc) is 3.15. The van der Waals surface area contributed by atoms with Gasteiger partial charge in [-0.05, 0) is 42.7 Å². The normalized spacial score (nSPS) is 18.0. The molecule has 8 nitrogen and oxygen atoms in total. The second kappa shape index (κ2) is 7.03. The Morgan fingerprint density at radius 2 is 2.20 bits per heavy atom. The molecule has 0 radical (unpaired) electrons. The van der Waals surface area contributed by atoms with Crippen LogP contribution < -0.4 is 5.32 Å². The molecule has 1 fully saturated rings. The van der Waals surface area contributed by atoms with Crippen LogP contribution in [0.4, 0.5) is 10.1 Å². The van der Waals surface area contributed by atoms with Crippen molar-refractivity contribution in [1.29, 1.82) is 0 Å². The summed E-state index contributed by atoms with van der Waals surface area (Å²) in [6.45, 7) is 1.78. The number of imidazole rings is 1. The van der Waals surface area contributed by atoms with Gasteiger partial charge in [0.25, 0.3) is 5.91 Å². The number of hydrogen-bond donors (Lipinski definition) is 2. The van der Waals surface area contributed by atoms with Gasteiger partial charge >= 0.3 is 0 Å². The second-order valence-corrected chi connectivity index (χ2v) is 7.36. The van der Waals surface area contributed by atoms with Crippen LogP contribution in [0.15, 0.2) is 47.2 Å². The van der Waals surface area contributed by atoms with Gasteiger partial charge in [0.1, 0.15) is 17.5 Å². The number of anilines is 1. The quantitative estimate of drug-likeness (QED) is 0.526. The Morgan fingerprint density at radius 1 is 1.37 bits per heavy atom. The Bertz CT molecular complexity index is 1260. The smallest absolute Gasteiger partial charge is 0.274 e. The van der Waals surface area contributed by atoms with Gasteiger partial charge in [-0.15, -0.1) is 0 Å². The van der Waals surface area contributed by atoms with Crippen LogP contribution in [0.3, 0.4) is 0 Å². The highest BCUT2D eigenvalue weighted by Crippen LogP contribution is 2.43. The van der Waals surface area contributed by atoms with Crippen molar-refractivity contribution >= 4 is 17.2 Å². The molecule has 3 aromatic heterocycles. The van der Waals surface area contributed by atoms with Gasteiger partial charge in [-0.1, -0.05) is 17.3 Å². The number of benzene rings is 1. The second-order valence-electron chi connectivity index (χ2n) is 7.36. The number of hydrogen-bond acceptors (Lipinski definition) is 6. The van der Waals surface area contributed by atoms with Crippen LogP contribution in [0, 0.1) is 6.92 Å². The van der Waals surface area contributed by atoms with Crippen LogP contribution in [0.5, 0.6) is 0 Å². The Kier molecular flexibility index (Phi) is 4.32. The highest BCUT2D eigenvalue weighted by molar-refractivity contribution is 6.04. The number of nitrogens with one attached hydrogen (secondary N) is 1. The fourth-order valence-electron chi connectivity index (χ4n) is 3.29. The molecule has 152 valence electrons. The third-order valence-corrected chi connectivity index (χ3v) is 5.21. The zero-order chi connectivity index (χ0) is 20.8. The number of aliphatic hydroxyl groups excluding tert-OH is 1. The summed E-state index contributed by atoms with van der Waals surface area (Å²) in [6.07, 6.45) is 2.68. The van der Waals surface area contributed by atoms with Crippen LogP contribution in [0.1, 0.15) is 39.8 Å². The van der Waals surface area contributed by atoms with Gasteiger partial charge in [0.2, 0.25) is 11.7 Å². The van der Waals surface area contributed by atoms with Crippen molar-refractivity contribution in [3.63, 3.8) is 0 Å². The number of amides is 1. The lowest BCUT2D eigenvalue weighted by Crippen LogP contribution is -2.15. The predicted molar refractivity (Wildman–Crippen MR) is 106 cm³/mol. The molecule has 1 aliphatic carbocycles. The maximum atomic E-state index is 13.2. The van der Waals surface area contributed by atoms with E-state index in [1.807, 2.05) is 19.1 Å². The first-order valence-corrected chi connectivity index (χ1v) is 9.50. The summed E-state index contributed by atoms with van der Waals surface area (Å²) in [7, 11) is 0. The number of aryl methyl sites for hydroxylation is 1. The molecule has 0 spiro atoms. The van der Waals surface area contributed by atoms with E-state index in [0.717, 1.165) is 5.56 Å². The number of nitrogens with zero attached hydrogens (tertiary/aromatic N) is 4. The monoisotopic (exact) mass is 407 g/mol.